The third-order valence-electron chi connectivity index (χ3n) is 6.98. The molecule has 2 saturated heterocycles. The van der Waals surface area contributed by atoms with Crippen LogP contribution in [0.4, 0.5) is 18.9 Å². The molecule has 10 heteroatoms. The summed E-state index contributed by atoms with van der Waals surface area (Å²) in [5.74, 6) is 0.0778. The van der Waals surface area contributed by atoms with Gasteiger partial charge in [-0.1, -0.05) is 0 Å². The van der Waals surface area contributed by atoms with Gasteiger partial charge < -0.3 is 14.5 Å². The average Bonchev–Trinajstić information content (AvgIpc) is 3.45. The summed E-state index contributed by atoms with van der Waals surface area (Å²) in [6, 6.07) is 7.22. The van der Waals surface area contributed by atoms with E-state index in [-0.39, 0.29) is 17.4 Å². The van der Waals surface area contributed by atoms with Crippen LogP contribution < -0.4 is 4.90 Å². The zero-order valence-electron chi connectivity index (χ0n) is 19.3. The number of aromatic nitrogens is 2. The van der Waals surface area contributed by atoms with Gasteiger partial charge in [0.2, 0.25) is 0 Å². The zero-order valence-corrected chi connectivity index (χ0v) is 19.3. The average molecular weight is 476 g/mol. The Kier molecular flexibility index (Phi) is 6.58. The first-order valence-corrected chi connectivity index (χ1v) is 11.5. The van der Waals surface area contributed by atoms with Crippen molar-refractivity contribution >= 4 is 11.6 Å². The minimum atomic E-state index is -4.61. The molecule has 4 rings (SSSR count). The summed E-state index contributed by atoms with van der Waals surface area (Å²) in [6.07, 6.45) is -2.26. The van der Waals surface area contributed by atoms with Gasteiger partial charge in [-0.05, 0) is 50.5 Å². The number of ether oxygens (including phenoxy) is 1. The number of likely N-dealkylation sites (tertiary alicyclic amines) is 1. The van der Waals surface area contributed by atoms with Gasteiger partial charge in [0, 0.05) is 56.6 Å². The molecule has 2 aliphatic rings. The molecule has 2 aromatic rings. The highest BCUT2D eigenvalue weighted by molar-refractivity contribution is 5.92. The highest BCUT2D eigenvalue weighted by atomic mass is 19.4. The van der Waals surface area contributed by atoms with Crippen molar-refractivity contribution in [3.8, 4) is 6.07 Å². The maximum absolute atomic E-state index is 13.5. The lowest BCUT2D eigenvalue weighted by Crippen LogP contribution is -2.53. The smallest absolute Gasteiger partial charge is 0.381 e. The largest absolute Gasteiger partial charge is 0.417 e. The van der Waals surface area contributed by atoms with Crippen LogP contribution in [-0.2, 0) is 17.5 Å². The Balaban J connectivity index is 1.62. The van der Waals surface area contributed by atoms with Gasteiger partial charge in [0.1, 0.15) is 5.69 Å². The molecule has 1 aromatic carbocycles. The quantitative estimate of drug-likeness (QED) is 0.636. The van der Waals surface area contributed by atoms with Crippen molar-refractivity contribution in [2.45, 2.75) is 33.0 Å². The Morgan fingerprint density at radius 1 is 1.29 bits per heavy atom. The molecule has 0 saturated carbocycles. The first kappa shape index (κ1) is 24.1. The number of aryl methyl sites for hydroxylation is 1. The second-order valence-corrected chi connectivity index (χ2v) is 8.96. The highest BCUT2D eigenvalue weighted by Crippen LogP contribution is 2.45. The lowest BCUT2D eigenvalue weighted by atomic mass is 9.74. The molecule has 1 amide bonds. The lowest BCUT2D eigenvalue weighted by Gasteiger charge is -2.43. The molecule has 2 aliphatic heterocycles. The van der Waals surface area contributed by atoms with Gasteiger partial charge in [0.05, 0.1) is 23.8 Å². The van der Waals surface area contributed by atoms with Gasteiger partial charge in [-0.3, -0.25) is 9.48 Å². The Hall–Kier alpha value is -3.06. The van der Waals surface area contributed by atoms with Crippen LogP contribution in [0.5, 0.6) is 0 Å². The van der Waals surface area contributed by atoms with Crippen molar-refractivity contribution in [1.82, 2.24) is 14.7 Å². The van der Waals surface area contributed by atoms with E-state index in [4.69, 9.17) is 10.00 Å². The van der Waals surface area contributed by atoms with Crippen molar-refractivity contribution in [2.24, 2.45) is 11.3 Å². The molecule has 2 atom stereocenters. The second-order valence-electron chi connectivity index (χ2n) is 8.96. The van der Waals surface area contributed by atoms with Crippen molar-refractivity contribution in [3.05, 3.63) is 47.3 Å². The molecule has 0 bridgehead atoms. The zero-order chi connectivity index (χ0) is 24.5. The second kappa shape index (κ2) is 9.29. The number of benzene rings is 1. The van der Waals surface area contributed by atoms with Crippen LogP contribution in [0.3, 0.4) is 0 Å². The third kappa shape index (κ3) is 4.37. The lowest BCUT2D eigenvalue weighted by molar-refractivity contribution is -0.137. The van der Waals surface area contributed by atoms with Crippen LogP contribution in [0.2, 0.25) is 0 Å². The van der Waals surface area contributed by atoms with Crippen LogP contribution in [0.25, 0.3) is 0 Å². The fourth-order valence-electron chi connectivity index (χ4n) is 5.25. The molecule has 3 heterocycles. The Labute approximate surface area is 196 Å². The topological polar surface area (TPSA) is 74.4 Å². The molecule has 0 unspecified atom stereocenters. The van der Waals surface area contributed by atoms with E-state index in [1.807, 2.05) is 23.6 Å². The summed E-state index contributed by atoms with van der Waals surface area (Å²) in [5, 5.41) is 13.3. The van der Waals surface area contributed by atoms with Gasteiger partial charge in [-0.15, -0.1) is 0 Å². The van der Waals surface area contributed by atoms with Crippen molar-refractivity contribution < 1.29 is 22.7 Å². The van der Waals surface area contributed by atoms with Gasteiger partial charge >= 0.3 is 6.18 Å². The number of alkyl halides is 3. The van der Waals surface area contributed by atoms with Crippen molar-refractivity contribution in [1.29, 1.82) is 5.26 Å². The van der Waals surface area contributed by atoms with E-state index in [0.717, 1.165) is 12.5 Å². The normalized spacial score (nSPS) is 22.5. The van der Waals surface area contributed by atoms with Crippen LogP contribution >= 0.6 is 0 Å². The first-order chi connectivity index (χ1) is 16.2. The number of piperidine rings is 1. The number of fused-ring (bicyclic) bond motifs is 1. The SMILES string of the molecule is CCOC[C@]12CN(C(=O)c3ccnn3CC)CC[C@H]1CN(c1ccc(C#N)c(C(F)(F)F)c1)C2. The predicted molar refractivity (Wildman–Crippen MR) is 119 cm³/mol. The number of amides is 1. The Morgan fingerprint density at radius 2 is 2.09 bits per heavy atom. The van der Waals surface area contributed by atoms with E-state index in [1.165, 1.54) is 6.07 Å². The van der Waals surface area contributed by atoms with Crippen molar-refractivity contribution in [2.75, 3.05) is 44.3 Å². The van der Waals surface area contributed by atoms with Crippen molar-refractivity contribution in [3.63, 3.8) is 0 Å². The number of nitrogens with zero attached hydrogens (tertiary/aromatic N) is 5. The molecule has 182 valence electrons. The summed E-state index contributed by atoms with van der Waals surface area (Å²) in [5.41, 5.74) is -0.748. The van der Waals surface area contributed by atoms with E-state index in [2.05, 4.69) is 5.10 Å². The maximum atomic E-state index is 13.5. The molecule has 0 spiro atoms. The third-order valence-corrected chi connectivity index (χ3v) is 6.98. The fraction of sp³-hybridized carbons (Fsp3) is 0.542. The monoisotopic (exact) mass is 475 g/mol. The van der Waals surface area contributed by atoms with E-state index >= 15 is 0 Å². The number of anilines is 1. The molecule has 0 radical (unpaired) electrons. The molecule has 34 heavy (non-hydrogen) atoms. The molecule has 0 N–H and O–H groups in total. The number of rotatable bonds is 6. The molecular weight excluding hydrogens is 447 g/mol. The number of halogens is 3. The van der Waals surface area contributed by atoms with E-state index < -0.39 is 17.2 Å². The molecule has 2 fully saturated rings. The van der Waals surface area contributed by atoms with E-state index in [0.29, 0.717) is 57.3 Å². The van der Waals surface area contributed by atoms with Crippen LogP contribution in [0.1, 0.15) is 41.9 Å². The molecule has 0 aliphatic carbocycles. The van der Waals surface area contributed by atoms with E-state index in [9.17, 15) is 18.0 Å². The fourth-order valence-corrected chi connectivity index (χ4v) is 5.25. The Bertz CT molecular complexity index is 1090. The van der Waals surface area contributed by atoms with Crippen LogP contribution in [-0.4, -0.2) is 60.0 Å². The first-order valence-electron chi connectivity index (χ1n) is 11.5. The molecule has 1 aromatic heterocycles. The van der Waals surface area contributed by atoms with Gasteiger partial charge in [0.15, 0.2) is 0 Å². The number of nitriles is 1. The number of carbonyl (C=O) groups is 1. The minimum absolute atomic E-state index is 0.0927. The number of hydrogen-bond acceptors (Lipinski definition) is 5. The van der Waals surface area contributed by atoms with Crippen LogP contribution in [0, 0.1) is 22.7 Å². The standard InChI is InChI=1S/C24H28F3N5O2/c1-3-32-21(7-9-29-32)22(33)30-10-8-18-13-31(15-23(18,14-30)16-34-4-2)19-6-5-17(12-28)20(11-19)24(25,26)27/h5-7,9,11,18H,3-4,8,10,13-16H2,1-2H3/t18-,23+/m0/s1. The highest BCUT2D eigenvalue weighted by Gasteiger charge is 2.51. The summed E-state index contributed by atoms with van der Waals surface area (Å²) >= 11 is 0. The predicted octanol–water partition coefficient (Wildman–Crippen LogP) is 3.80. The van der Waals surface area contributed by atoms with Gasteiger partial charge in [-0.2, -0.15) is 23.5 Å². The minimum Gasteiger partial charge on any atom is -0.381 e. The Morgan fingerprint density at radius 3 is 2.76 bits per heavy atom. The summed E-state index contributed by atoms with van der Waals surface area (Å²) in [6.45, 7) is 7.43. The maximum Gasteiger partial charge on any atom is 0.417 e. The summed E-state index contributed by atoms with van der Waals surface area (Å²) in [7, 11) is 0. The number of carbonyl (C=O) groups excluding carboxylic acids is 1. The molecular formula is C24H28F3N5O2. The summed E-state index contributed by atoms with van der Waals surface area (Å²) < 4.78 is 48.1. The van der Waals surface area contributed by atoms with Crippen LogP contribution in [0.15, 0.2) is 30.5 Å². The van der Waals surface area contributed by atoms with E-state index in [1.54, 1.807) is 29.1 Å². The summed E-state index contributed by atoms with van der Waals surface area (Å²) in [4.78, 5) is 17.0. The van der Waals surface area contributed by atoms with Gasteiger partial charge in [-0.25, -0.2) is 0 Å². The number of hydrogen-bond donors (Lipinski definition) is 0. The van der Waals surface area contributed by atoms with Gasteiger partial charge in [0.25, 0.3) is 5.91 Å². The molecule has 7 nitrogen and oxygen atoms in total.